The summed E-state index contributed by atoms with van der Waals surface area (Å²) in [6, 6.07) is 7.09. The fourth-order valence-electron chi connectivity index (χ4n) is 2.77. The van der Waals surface area contributed by atoms with Gasteiger partial charge in [0.25, 0.3) is 0 Å². The number of aryl methyl sites for hydroxylation is 2. The van der Waals surface area contributed by atoms with Crippen molar-refractivity contribution < 1.29 is 23.4 Å². The summed E-state index contributed by atoms with van der Waals surface area (Å²) >= 11 is 0. The minimum Gasteiger partial charge on any atom is -0.468 e. The van der Waals surface area contributed by atoms with Crippen molar-refractivity contribution in [2.75, 3.05) is 34.1 Å². The van der Waals surface area contributed by atoms with Crippen LogP contribution in [0, 0.1) is 5.82 Å². The highest BCUT2D eigenvalue weighted by Crippen LogP contribution is 2.30. The number of hydrogen-bond acceptors (Lipinski definition) is 4. The monoisotopic (exact) mass is 393 g/mol. The lowest BCUT2D eigenvalue weighted by Gasteiger charge is -2.14. The summed E-state index contributed by atoms with van der Waals surface area (Å²) in [5.74, 6) is 0.507. The Balaban J connectivity index is 0.00000190. The zero-order valence-corrected chi connectivity index (χ0v) is 17.8. The predicted octanol–water partition coefficient (Wildman–Crippen LogP) is 5.18. The molecule has 2 aromatic rings. The smallest absolute Gasteiger partial charge is 0.409 e. The Hall–Kier alpha value is -2.34. The molecule has 0 N–H and O–H groups in total. The molecule has 0 fully saturated rings. The molecule has 0 aliphatic heterocycles. The van der Waals surface area contributed by atoms with Crippen LogP contribution in [0.25, 0.3) is 10.8 Å². The van der Waals surface area contributed by atoms with Crippen LogP contribution in [0.15, 0.2) is 24.3 Å². The van der Waals surface area contributed by atoms with Gasteiger partial charge in [-0.15, -0.1) is 0 Å². The highest BCUT2D eigenvalue weighted by Gasteiger charge is 2.11. The lowest BCUT2D eigenvalue weighted by molar-refractivity contribution is -0.00736. The molecule has 0 spiro atoms. The fourth-order valence-corrected chi connectivity index (χ4v) is 2.77. The van der Waals surface area contributed by atoms with Gasteiger partial charge in [-0.05, 0) is 52.9 Å². The molecule has 5 nitrogen and oxygen atoms in total. The minimum atomic E-state index is -0.407. The number of carbonyl (C=O) groups is 1. The Kier molecular flexibility index (Phi) is 10.3. The average Bonchev–Trinajstić information content (AvgIpc) is 2.71. The highest BCUT2D eigenvalue weighted by molar-refractivity contribution is 5.90. The maximum Gasteiger partial charge on any atom is 0.409 e. The van der Waals surface area contributed by atoms with E-state index in [1.54, 1.807) is 20.2 Å². The molecule has 0 saturated heterocycles. The highest BCUT2D eigenvalue weighted by atomic mass is 19.1. The molecule has 0 aliphatic carbocycles. The van der Waals surface area contributed by atoms with E-state index in [9.17, 15) is 9.18 Å². The molecule has 0 aliphatic rings. The fraction of sp³-hybridized carbons (Fsp3) is 0.500. The molecule has 0 saturated carbocycles. The van der Waals surface area contributed by atoms with Crippen LogP contribution in [-0.4, -0.2) is 45.1 Å². The quantitative estimate of drug-likeness (QED) is 0.458. The van der Waals surface area contributed by atoms with Crippen LogP contribution in [0.3, 0.4) is 0 Å². The molecule has 6 heteroatoms. The van der Waals surface area contributed by atoms with Gasteiger partial charge in [-0.2, -0.15) is 0 Å². The van der Waals surface area contributed by atoms with Crippen LogP contribution >= 0.6 is 0 Å². The van der Waals surface area contributed by atoms with Crippen molar-refractivity contribution in [2.24, 2.45) is 0 Å². The van der Waals surface area contributed by atoms with E-state index in [2.05, 4.69) is 0 Å². The van der Waals surface area contributed by atoms with E-state index in [-0.39, 0.29) is 25.8 Å². The molecule has 0 bridgehead atoms. The third-order valence-electron chi connectivity index (χ3n) is 4.09. The van der Waals surface area contributed by atoms with Crippen molar-refractivity contribution in [2.45, 2.75) is 40.5 Å². The number of ether oxygens (including phenoxy) is 3. The number of rotatable bonds is 8. The third-order valence-corrected chi connectivity index (χ3v) is 4.09. The first-order valence-corrected chi connectivity index (χ1v) is 9.76. The van der Waals surface area contributed by atoms with Crippen LogP contribution in [0.2, 0.25) is 0 Å². The second-order valence-corrected chi connectivity index (χ2v) is 6.09. The lowest BCUT2D eigenvalue weighted by Crippen LogP contribution is -2.24. The molecule has 0 aromatic heterocycles. The summed E-state index contributed by atoms with van der Waals surface area (Å²) in [5.41, 5.74) is 1.79. The van der Waals surface area contributed by atoms with Crippen LogP contribution in [0.5, 0.6) is 5.75 Å². The molecule has 0 atom stereocenters. The third kappa shape index (κ3) is 6.37. The molecule has 156 valence electrons. The number of amides is 1. The lowest BCUT2D eigenvalue weighted by atomic mass is 9.95. The van der Waals surface area contributed by atoms with Gasteiger partial charge in [0, 0.05) is 14.1 Å². The second-order valence-electron chi connectivity index (χ2n) is 6.09. The first kappa shape index (κ1) is 23.7. The molecule has 2 rings (SSSR count). The Bertz CT molecular complexity index is 762. The van der Waals surface area contributed by atoms with Crippen molar-refractivity contribution in [3.05, 3.63) is 41.2 Å². The van der Waals surface area contributed by atoms with E-state index < -0.39 is 6.09 Å². The van der Waals surface area contributed by atoms with Gasteiger partial charge in [-0.1, -0.05) is 33.8 Å². The van der Waals surface area contributed by atoms with E-state index in [4.69, 9.17) is 14.2 Å². The normalized spacial score (nSPS) is 10.2. The Morgan fingerprint density at radius 2 is 1.79 bits per heavy atom. The van der Waals surface area contributed by atoms with Crippen molar-refractivity contribution in [1.82, 2.24) is 4.90 Å². The first-order valence-electron chi connectivity index (χ1n) is 9.76. The Labute approximate surface area is 167 Å². The Morgan fingerprint density at radius 3 is 2.39 bits per heavy atom. The van der Waals surface area contributed by atoms with Gasteiger partial charge >= 0.3 is 6.09 Å². The zero-order valence-electron chi connectivity index (χ0n) is 17.8. The first-order chi connectivity index (χ1) is 13.5. The maximum absolute atomic E-state index is 14.1. The number of hydrogen-bond donors (Lipinski definition) is 0. The Morgan fingerprint density at radius 1 is 1.07 bits per heavy atom. The largest absolute Gasteiger partial charge is 0.468 e. The summed E-state index contributed by atoms with van der Waals surface area (Å²) in [5, 5.41) is 1.93. The van der Waals surface area contributed by atoms with Crippen molar-refractivity contribution >= 4 is 16.9 Å². The number of benzene rings is 2. The molecular weight excluding hydrogens is 361 g/mol. The average molecular weight is 393 g/mol. The van der Waals surface area contributed by atoms with E-state index in [1.807, 2.05) is 39.8 Å². The number of carbonyl (C=O) groups excluding carboxylic acids is 1. The molecule has 0 unspecified atom stereocenters. The van der Waals surface area contributed by atoms with Gasteiger partial charge in [0.15, 0.2) is 6.79 Å². The maximum atomic E-state index is 14.1. The predicted molar refractivity (Wildman–Crippen MR) is 110 cm³/mol. The van der Waals surface area contributed by atoms with E-state index in [0.717, 1.165) is 28.3 Å². The summed E-state index contributed by atoms with van der Waals surface area (Å²) in [4.78, 5) is 12.6. The summed E-state index contributed by atoms with van der Waals surface area (Å²) in [6.45, 7) is 8.46. The number of nitrogens with zero attached hydrogens (tertiary/aromatic N) is 1. The van der Waals surface area contributed by atoms with E-state index in [1.165, 1.54) is 11.0 Å². The van der Waals surface area contributed by atoms with Crippen LogP contribution < -0.4 is 4.74 Å². The zero-order chi connectivity index (χ0) is 21.1. The number of fused-ring (bicyclic) bond motifs is 1. The van der Waals surface area contributed by atoms with Gasteiger partial charge in [0.2, 0.25) is 0 Å². The van der Waals surface area contributed by atoms with E-state index in [0.29, 0.717) is 12.2 Å². The molecule has 2 aromatic carbocycles. The minimum absolute atomic E-state index is 0.0516. The van der Waals surface area contributed by atoms with Gasteiger partial charge < -0.3 is 19.1 Å². The summed E-state index contributed by atoms with van der Waals surface area (Å²) in [6.07, 6.45) is 1.02. The topological polar surface area (TPSA) is 48.0 Å². The molecule has 1 amide bonds. The van der Waals surface area contributed by atoms with Gasteiger partial charge in [0.1, 0.15) is 18.2 Å². The standard InChI is InChI=1S/C20H26FNO4.C2H6/c1-5-14-11-16(26-13-24-9-10-25-20(23)22(3)4)12-15-7-8-18(21)17(6-2)19(14)15;1-2/h7-8,11-12H,5-6,9-10,13H2,1-4H3;1-2H3. The van der Waals surface area contributed by atoms with Crippen molar-refractivity contribution in [3.8, 4) is 5.75 Å². The number of halogens is 1. The van der Waals surface area contributed by atoms with Gasteiger partial charge in [-0.3, -0.25) is 0 Å². The van der Waals surface area contributed by atoms with Crippen LogP contribution in [-0.2, 0) is 22.3 Å². The summed E-state index contributed by atoms with van der Waals surface area (Å²) < 4.78 is 30.0. The van der Waals surface area contributed by atoms with Crippen LogP contribution in [0.4, 0.5) is 9.18 Å². The SMILES string of the molecule is CC.CCc1cc(OCOCCOC(=O)N(C)C)cc2ccc(F)c(CC)c12. The van der Waals surface area contributed by atoms with Crippen molar-refractivity contribution in [3.63, 3.8) is 0 Å². The molecule has 0 heterocycles. The van der Waals surface area contributed by atoms with E-state index >= 15 is 0 Å². The molecular formula is C22H32FNO4. The molecule has 0 radical (unpaired) electrons. The van der Waals surface area contributed by atoms with Gasteiger partial charge in [0.05, 0.1) is 6.61 Å². The summed E-state index contributed by atoms with van der Waals surface area (Å²) in [7, 11) is 3.24. The van der Waals surface area contributed by atoms with Crippen molar-refractivity contribution in [1.29, 1.82) is 0 Å². The second kappa shape index (κ2) is 12.2. The molecule has 28 heavy (non-hydrogen) atoms. The van der Waals surface area contributed by atoms with Crippen LogP contribution in [0.1, 0.15) is 38.8 Å². The van der Waals surface area contributed by atoms with Gasteiger partial charge in [-0.25, -0.2) is 9.18 Å².